The number of amides is 2. The second kappa shape index (κ2) is 7.25. The first kappa shape index (κ1) is 17.7. The van der Waals surface area contributed by atoms with Crippen LogP contribution in [0.5, 0.6) is 0 Å². The molecule has 0 fully saturated rings. The van der Waals surface area contributed by atoms with Crippen LogP contribution in [0.1, 0.15) is 25.5 Å². The Morgan fingerprint density at radius 1 is 1.25 bits per heavy atom. The molecule has 1 heterocycles. The van der Waals surface area contributed by atoms with Crippen molar-refractivity contribution in [2.75, 3.05) is 12.4 Å². The van der Waals surface area contributed by atoms with Gasteiger partial charge in [-0.3, -0.25) is 4.79 Å². The Labute approximate surface area is 138 Å². The Morgan fingerprint density at radius 2 is 1.96 bits per heavy atom. The number of rotatable bonds is 4. The van der Waals surface area contributed by atoms with Crippen molar-refractivity contribution in [3.05, 3.63) is 64.1 Å². The van der Waals surface area contributed by atoms with Gasteiger partial charge in [-0.15, -0.1) is 0 Å². The van der Waals surface area contributed by atoms with Crippen molar-refractivity contribution in [3.8, 4) is 0 Å². The molecule has 0 spiro atoms. The maximum absolute atomic E-state index is 13.3. The predicted molar refractivity (Wildman–Crippen MR) is 87.9 cm³/mol. The fourth-order valence-corrected chi connectivity index (χ4v) is 2.24. The predicted octanol–water partition coefficient (Wildman–Crippen LogP) is 3.37. The molecule has 0 aliphatic rings. The highest BCUT2D eigenvalue weighted by Gasteiger charge is 2.19. The van der Waals surface area contributed by atoms with E-state index in [0.29, 0.717) is 17.8 Å². The van der Waals surface area contributed by atoms with Gasteiger partial charge in [-0.25, -0.2) is 13.6 Å². The molecule has 0 aliphatic carbocycles. The van der Waals surface area contributed by atoms with E-state index >= 15 is 0 Å². The minimum Gasteiger partial charge on any atom is -0.321 e. The second-order valence-corrected chi connectivity index (χ2v) is 5.43. The van der Waals surface area contributed by atoms with Gasteiger partial charge in [0.1, 0.15) is 0 Å². The van der Waals surface area contributed by atoms with Crippen LogP contribution in [-0.4, -0.2) is 22.5 Å². The molecule has 0 unspecified atom stereocenters. The van der Waals surface area contributed by atoms with Crippen molar-refractivity contribution in [2.45, 2.75) is 26.4 Å². The molecule has 1 N–H and O–H groups in total. The molecule has 2 aromatic rings. The quantitative estimate of drug-likeness (QED) is 0.931. The van der Waals surface area contributed by atoms with Gasteiger partial charge in [-0.1, -0.05) is 6.07 Å². The first-order chi connectivity index (χ1) is 11.3. The van der Waals surface area contributed by atoms with Gasteiger partial charge < -0.3 is 14.8 Å². The molecular formula is C17H19F2N3O2. The van der Waals surface area contributed by atoms with Crippen molar-refractivity contribution in [3.63, 3.8) is 0 Å². The molecule has 1 atom stereocenters. The number of anilines is 1. The molecule has 2 rings (SSSR count). The van der Waals surface area contributed by atoms with E-state index in [1.807, 2.05) is 6.92 Å². The zero-order chi connectivity index (χ0) is 17.9. The number of carbonyl (C=O) groups excluding carboxylic acids is 1. The molecule has 24 heavy (non-hydrogen) atoms. The van der Waals surface area contributed by atoms with Crippen LogP contribution in [0.15, 0.2) is 41.3 Å². The van der Waals surface area contributed by atoms with Crippen molar-refractivity contribution < 1.29 is 13.6 Å². The number of nitrogens with zero attached hydrogens (tertiary/aromatic N) is 2. The van der Waals surface area contributed by atoms with Crippen LogP contribution >= 0.6 is 0 Å². The topological polar surface area (TPSA) is 54.3 Å². The maximum atomic E-state index is 13.3. The molecule has 1 aromatic carbocycles. The largest absolute Gasteiger partial charge is 0.322 e. The Hall–Kier alpha value is -2.70. The van der Waals surface area contributed by atoms with Crippen LogP contribution in [-0.2, 0) is 6.54 Å². The van der Waals surface area contributed by atoms with Gasteiger partial charge in [0.25, 0.3) is 5.56 Å². The summed E-state index contributed by atoms with van der Waals surface area (Å²) in [6.07, 6.45) is 1.55. The van der Waals surface area contributed by atoms with E-state index in [1.165, 1.54) is 27.7 Å². The Bertz CT molecular complexity index is 805. The smallest absolute Gasteiger partial charge is 0.321 e. The van der Waals surface area contributed by atoms with E-state index < -0.39 is 23.7 Å². The minimum atomic E-state index is -0.955. The van der Waals surface area contributed by atoms with Gasteiger partial charge in [0.15, 0.2) is 11.6 Å². The first-order valence-corrected chi connectivity index (χ1v) is 7.52. The summed E-state index contributed by atoms with van der Waals surface area (Å²) in [5.74, 6) is -1.89. The summed E-state index contributed by atoms with van der Waals surface area (Å²) in [6.45, 7) is 4.02. The van der Waals surface area contributed by atoms with Crippen molar-refractivity contribution in [1.82, 2.24) is 9.47 Å². The number of aromatic nitrogens is 1. The average molecular weight is 335 g/mol. The molecule has 2 amide bonds. The van der Waals surface area contributed by atoms with Crippen molar-refractivity contribution >= 4 is 11.7 Å². The van der Waals surface area contributed by atoms with E-state index in [0.717, 1.165) is 12.1 Å². The number of urea groups is 1. The molecule has 0 saturated carbocycles. The van der Waals surface area contributed by atoms with E-state index in [2.05, 4.69) is 5.32 Å². The lowest BCUT2D eigenvalue weighted by atomic mass is 10.1. The van der Waals surface area contributed by atoms with Gasteiger partial charge in [0.2, 0.25) is 0 Å². The normalized spacial score (nSPS) is 11.9. The van der Waals surface area contributed by atoms with Crippen LogP contribution in [0.4, 0.5) is 19.3 Å². The lowest BCUT2D eigenvalue weighted by Gasteiger charge is -2.25. The first-order valence-electron chi connectivity index (χ1n) is 7.52. The number of aryl methyl sites for hydroxylation is 1. The second-order valence-electron chi connectivity index (χ2n) is 5.43. The standard InChI is InChI=1S/C17H19F2N3O2/c1-4-22-10-13(6-8-16(22)23)20-17(24)21(3)11(2)12-5-7-14(18)15(19)9-12/h5-11H,4H2,1-3H3,(H,20,24)/t11-/m0/s1. The molecule has 0 radical (unpaired) electrons. The van der Waals surface area contributed by atoms with Crippen LogP contribution < -0.4 is 10.9 Å². The summed E-state index contributed by atoms with van der Waals surface area (Å²) in [5.41, 5.74) is 0.801. The molecule has 0 aliphatic heterocycles. The average Bonchev–Trinajstić information content (AvgIpc) is 2.57. The minimum absolute atomic E-state index is 0.154. The number of hydrogen-bond acceptors (Lipinski definition) is 2. The summed E-state index contributed by atoms with van der Waals surface area (Å²) in [5, 5.41) is 2.68. The third kappa shape index (κ3) is 3.79. The van der Waals surface area contributed by atoms with Crippen LogP contribution in [0.3, 0.4) is 0 Å². The van der Waals surface area contributed by atoms with Gasteiger partial charge in [-0.2, -0.15) is 0 Å². The number of nitrogens with one attached hydrogen (secondary N) is 1. The zero-order valence-corrected chi connectivity index (χ0v) is 13.7. The summed E-state index contributed by atoms with van der Waals surface area (Å²) < 4.78 is 27.8. The van der Waals surface area contributed by atoms with Crippen LogP contribution in [0.2, 0.25) is 0 Å². The van der Waals surface area contributed by atoms with Crippen LogP contribution in [0.25, 0.3) is 0 Å². The third-order valence-electron chi connectivity index (χ3n) is 3.90. The number of hydrogen-bond donors (Lipinski definition) is 1. The monoisotopic (exact) mass is 335 g/mol. The highest BCUT2D eigenvalue weighted by atomic mass is 19.2. The third-order valence-corrected chi connectivity index (χ3v) is 3.90. The van der Waals surface area contributed by atoms with Crippen molar-refractivity contribution in [2.24, 2.45) is 0 Å². The summed E-state index contributed by atoms with van der Waals surface area (Å²) >= 11 is 0. The van der Waals surface area contributed by atoms with E-state index in [1.54, 1.807) is 20.2 Å². The summed E-state index contributed by atoms with van der Waals surface area (Å²) in [7, 11) is 1.55. The molecule has 1 aromatic heterocycles. The molecule has 5 nitrogen and oxygen atoms in total. The fourth-order valence-electron chi connectivity index (χ4n) is 2.24. The molecule has 0 saturated heterocycles. The number of benzene rings is 1. The van der Waals surface area contributed by atoms with Gasteiger partial charge in [0.05, 0.1) is 11.7 Å². The molecular weight excluding hydrogens is 316 g/mol. The SMILES string of the molecule is CCn1cc(NC(=O)N(C)[C@@H](C)c2ccc(F)c(F)c2)ccc1=O. The zero-order valence-electron chi connectivity index (χ0n) is 13.7. The maximum Gasteiger partial charge on any atom is 0.322 e. The van der Waals surface area contributed by atoms with Crippen LogP contribution in [0, 0.1) is 11.6 Å². The van der Waals surface area contributed by atoms with E-state index in [9.17, 15) is 18.4 Å². The van der Waals surface area contributed by atoms with Crippen molar-refractivity contribution in [1.29, 1.82) is 0 Å². The Kier molecular flexibility index (Phi) is 5.33. The highest BCUT2D eigenvalue weighted by Crippen LogP contribution is 2.21. The summed E-state index contributed by atoms with van der Waals surface area (Å²) in [4.78, 5) is 25.2. The number of pyridine rings is 1. The van der Waals surface area contributed by atoms with E-state index in [4.69, 9.17) is 0 Å². The van der Waals surface area contributed by atoms with Gasteiger partial charge in [0, 0.05) is 25.9 Å². The Morgan fingerprint density at radius 3 is 2.58 bits per heavy atom. The molecule has 0 bridgehead atoms. The summed E-state index contributed by atoms with van der Waals surface area (Å²) in [6, 6.07) is 5.54. The lowest BCUT2D eigenvalue weighted by Crippen LogP contribution is -2.34. The lowest BCUT2D eigenvalue weighted by molar-refractivity contribution is 0.208. The van der Waals surface area contributed by atoms with Gasteiger partial charge in [-0.05, 0) is 37.6 Å². The number of carbonyl (C=O) groups is 1. The highest BCUT2D eigenvalue weighted by molar-refractivity contribution is 5.89. The van der Waals surface area contributed by atoms with E-state index in [-0.39, 0.29) is 5.56 Å². The van der Waals surface area contributed by atoms with Gasteiger partial charge >= 0.3 is 6.03 Å². The number of halogens is 2. The Balaban J connectivity index is 2.13. The fraction of sp³-hybridized carbons (Fsp3) is 0.294. The molecule has 128 valence electrons. The molecule has 7 heteroatoms.